The molecule has 132 valence electrons. The van der Waals surface area contributed by atoms with Crippen LogP contribution in [0.2, 0.25) is 0 Å². The van der Waals surface area contributed by atoms with Gasteiger partial charge in [-0.3, -0.25) is 4.79 Å². The first-order valence-corrected chi connectivity index (χ1v) is 10.1. The Balaban J connectivity index is 1.52. The van der Waals surface area contributed by atoms with Gasteiger partial charge in [0, 0.05) is 41.0 Å². The third-order valence-corrected chi connectivity index (χ3v) is 6.35. The summed E-state index contributed by atoms with van der Waals surface area (Å²) in [6.07, 6.45) is 2.55. The van der Waals surface area contributed by atoms with E-state index in [0.717, 1.165) is 33.9 Å². The summed E-state index contributed by atoms with van der Waals surface area (Å²) in [6, 6.07) is 12.0. The van der Waals surface area contributed by atoms with E-state index in [9.17, 15) is 4.79 Å². The van der Waals surface area contributed by atoms with E-state index in [1.165, 1.54) is 16.6 Å². The lowest BCUT2D eigenvalue weighted by molar-refractivity contribution is 0.0995. The van der Waals surface area contributed by atoms with Gasteiger partial charge in [-0.25, -0.2) is 0 Å². The number of ketones is 1. The molecule has 0 fully saturated rings. The molecule has 0 radical (unpaired) electrons. The fraction of sp³-hybridized carbons (Fsp3) is 0.211. The molecule has 26 heavy (non-hydrogen) atoms. The van der Waals surface area contributed by atoms with Crippen molar-refractivity contribution in [2.45, 2.75) is 23.8 Å². The molecule has 1 atom stereocenters. The number of hydrogen-bond donors (Lipinski definition) is 1. The van der Waals surface area contributed by atoms with Gasteiger partial charge < -0.3 is 9.55 Å². The smallest absolute Gasteiger partial charge is 0.191 e. The summed E-state index contributed by atoms with van der Waals surface area (Å²) >= 11 is 3.16. The second-order valence-corrected chi connectivity index (χ2v) is 8.43. The number of aromatic nitrogens is 4. The second kappa shape index (κ2) is 7.09. The standard InChI is InChI=1S/C19H18N4OS2/c1-12(18(24)15-11-20-16-8-4-3-7-14(15)16)26-19-22-21-17(23(19)2)10-13-6-5-9-25-13/h3-9,11-12,20H,10H2,1-2H3/t12-/m0/s1. The van der Waals surface area contributed by atoms with Crippen molar-refractivity contribution >= 4 is 39.8 Å². The molecule has 1 aromatic carbocycles. The molecular formula is C19H18N4OS2. The van der Waals surface area contributed by atoms with Crippen molar-refractivity contribution < 1.29 is 4.79 Å². The number of carbonyl (C=O) groups is 1. The summed E-state index contributed by atoms with van der Waals surface area (Å²) in [5.74, 6) is 0.997. The summed E-state index contributed by atoms with van der Waals surface area (Å²) in [6.45, 7) is 1.92. The number of thioether (sulfide) groups is 1. The van der Waals surface area contributed by atoms with Gasteiger partial charge in [0.1, 0.15) is 5.82 Å². The van der Waals surface area contributed by atoms with Crippen LogP contribution < -0.4 is 0 Å². The van der Waals surface area contributed by atoms with Crippen LogP contribution in [0.1, 0.15) is 28.0 Å². The van der Waals surface area contributed by atoms with Crippen LogP contribution in [-0.2, 0) is 13.5 Å². The zero-order valence-corrected chi connectivity index (χ0v) is 16.1. The normalized spacial score (nSPS) is 12.5. The molecule has 0 aliphatic carbocycles. The Morgan fingerprint density at radius 2 is 2.12 bits per heavy atom. The van der Waals surface area contributed by atoms with Crippen LogP contribution in [0.3, 0.4) is 0 Å². The molecule has 0 aliphatic rings. The van der Waals surface area contributed by atoms with Crippen molar-refractivity contribution in [3.05, 3.63) is 64.2 Å². The fourth-order valence-electron chi connectivity index (χ4n) is 2.88. The molecule has 7 heteroatoms. The minimum absolute atomic E-state index is 0.0928. The van der Waals surface area contributed by atoms with Crippen LogP contribution in [0.5, 0.6) is 0 Å². The first-order chi connectivity index (χ1) is 12.6. The Kier molecular flexibility index (Phi) is 4.65. The fourth-order valence-corrected chi connectivity index (χ4v) is 4.48. The number of hydrogen-bond acceptors (Lipinski definition) is 5. The Bertz CT molecular complexity index is 1050. The zero-order valence-electron chi connectivity index (χ0n) is 14.5. The lowest BCUT2D eigenvalue weighted by atomic mass is 10.1. The van der Waals surface area contributed by atoms with E-state index >= 15 is 0 Å². The molecule has 3 heterocycles. The number of Topliss-reactive ketones (excluding diaryl/α,β-unsaturated/α-hetero) is 1. The van der Waals surface area contributed by atoms with Gasteiger partial charge in [-0.2, -0.15) is 0 Å². The monoisotopic (exact) mass is 382 g/mol. The van der Waals surface area contributed by atoms with Crippen molar-refractivity contribution in [1.82, 2.24) is 19.7 Å². The van der Waals surface area contributed by atoms with Gasteiger partial charge in [0.25, 0.3) is 0 Å². The van der Waals surface area contributed by atoms with Crippen molar-refractivity contribution in [3.63, 3.8) is 0 Å². The lowest BCUT2D eigenvalue weighted by Crippen LogP contribution is -2.14. The van der Waals surface area contributed by atoms with Crippen LogP contribution in [-0.4, -0.2) is 30.8 Å². The molecular weight excluding hydrogens is 364 g/mol. The topological polar surface area (TPSA) is 63.6 Å². The molecule has 0 aliphatic heterocycles. The summed E-state index contributed by atoms with van der Waals surface area (Å²) < 4.78 is 1.98. The number of H-pyrrole nitrogens is 1. The number of aromatic amines is 1. The largest absolute Gasteiger partial charge is 0.360 e. The molecule has 0 saturated heterocycles. The van der Waals surface area contributed by atoms with Crippen LogP contribution in [0.15, 0.2) is 53.1 Å². The third kappa shape index (κ3) is 3.20. The molecule has 0 unspecified atom stereocenters. The lowest BCUT2D eigenvalue weighted by Gasteiger charge is -2.09. The number of benzene rings is 1. The van der Waals surface area contributed by atoms with Crippen molar-refractivity contribution in [3.8, 4) is 0 Å². The summed E-state index contributed by atoms with van der Waals surface area (Å²) in [5, 5.41) is 12.1. The minimum atomic E-state index is -0.244. The van der Waals surface area contributed by atoms with Gasteiger partial charge in [0.15, 0.2) is 10.9 Å². The summed E-state index contributed by atoms with van der Waals surface area (Å²) in [5.41, 5.74) is 1.70. The van der Waals surface area contributed by atoms with Gasteiger partial charge >= 0.3 is 0 Å². The number of thiophene rings is 1. The average molecular weight is 383 g/mol. The SMILES string of the molecule is C[C@H](Sc1nnc(Cc2cccs2)n1C)C(=O)c1c[nH]c2ccccc12. The Morgan fingerprint density at radius 3 is 2.92 bits per heavy atom. The van der Waals surface area contributed by atoms with Crippen LogP contribution >= 0.6 is 23.1 Å². The van der Waals surface area contributed by atoms with E-state index in [1.54, 1.807) is 17.5 Å². The molecule has 0 spiro atoms. The first-order valence-electron chi connectivity index (χ1n) is 8.31. The number of rotatable bonds is 6. The van der Waals surface area contributed by atoms with E-state index in [0.29, 0.717) is 0 Å². The number of nitrogens with zero attached hydrogens (tertiary/aromatic N) is 3. The first kappa shape index (κ1) is 17.1. The highest BCUT2D eigenvalue weighted by Gasteiger charge is 2.22. The van der Waals surface area contributed by atoms with Crippen molar-refractivity contribution in [2.24, 2.45) is 7.05 Å². The molecule has 3 aromatic heterocycles. The van der Waals surface area contributed by atoms with Gasteiger partial charge in [-0.15, -0.1) is 21.5 Å². The Labute approximate surface area is 159 Å². The average Bonchev–Trinajstić information content (AvgIpc) is 3.38. The molecule has 0 saturated carbocycles. The molecule has 1 N–H and O–H groups in total. The molecule has 0 bridgehead atoms. The summed E-state index contributed by atoms with van der Waals surface area (Å²) in [7, 11) is 1.95. The maximum absolute atomic E-state index is 12.9. The van der Waals surface area contributed by atoms with Crippen LogP contribution in [0, 0.1) is 0 Å². The number of fused-ring (bicyclic) bond motifs is 1. The number of nitrogens with one attached hydrogen (secondary N) is 1. The Hall–Kier alpha value is -2.38. The van der Waals surface area contributed by atoms with E-state index in [4.69, 9.17) is 0 Å². The number of carbonyl (C=O) groups excluding carboxylic acids is 1. The molecule has 0 amide bonds. The minimum Gasteiger partial charge on any atom is -0.360 e. The molecule has 4 aromatic rings. The van der Waals surface area contributed by atoms with E-state index in [1.807, 2.05) is 48.9 Å². The summed E-state index contributed by atoms with van der Waals surface area (Å²) in [4.78, 5) is 17.3. The maximum Gasteiger partial charge on any atom is 0.191 e. The van der Waals surface area contributed by atoms with E-state index in [2.05, 4.69) is 26.6 Å². The van der Waals surface area contributed by atoms with Crippen LogP contribution in [0.4, 0.5) is 0 Å². The van der Waals surface area contributed by atoms with E-state index < -0.39 is 0 Å². The van der Waals surface area contributed by atoms with Gasteiger partial charge in [0.2, 0.25) is 0 Å². The third-order valence-electron chi connectivity index (χ3n) is 4.34. The van der Waals surface area contributed by atoms with Crippen molar-refractivity contribution in [2.75, 3.05) is 0 Å². The quantitative estimate of drug-likeness (QED) is 0.399. The maximum atomic E-state index is 12.9. The highest BCUT2D eigenvalue weighted by molar-refractivity contribution is 8.00. The predicted octanol–water partition coefficient (Wildman–Crippen LogP) is 4.31. The molecule has 5 nitrogen and oxygen atoms in total. The van der Waals surface area contributed by atoms with Gasteiger partial charge in [-0.1, -0.05) is 36.0 Å². The predicted molar refractivity (Wildman–Crippen MR) is 106 cm³/mol. The zero-order chi connectivity index (χ0) is 18.1. The van der Waals surface area contributed by atoms with Crippen molar-refractivity contribution in [1.29, 1.82) is 0 Å². The van der Waals surface area contributed by atoms with Gasteiger partial charge in [-0.05, 0) is 24.4 Å². The van der Waals surface area contributed by atoms with E-state index in [-0.39, 0.29) is 11.0 Å². The Morgan fingerprint density at radius 1 is 1.27 bits per heavy atom. The highest BCUT2D eigenvalue weighted by atomic mass is 32.2. The second-order valence-electron chi connectivity index (χ2n) is 6.09. The van der Waals surface area contributed by atoms with Gasteiger partial charge in [0.05, 0.1) is 5.25 Å². The molecule has 4 rings (SSSR count). The highest BCUT2D eigenvalue weighted by Crippen LogP contribution is 2.27. The number of para-hydroxylation sites is 1. The van der Waals surface area contributed by atoms with Crippen LogP contribution in [0.25, 0.3) is 10.9 Å².